The lowest BCUT2D eigenvalue weighted by molar-refractivity contribution is -0.0745. The van der Waals surface area contributed by atoms with Gasteiger partial charge in [-0.15, -0.1) is 0 Å². The van der Waals surface area contributed by atoms with Gasteiger partial charge >= 0.3 is 6.03 Å². The van der Waals surface area contributed by atoms with E-state index < -0.39 is 15.8 Å². The fraction of sp³-hybridized carbons (Fsp3) is 0.509. The molecule has 0 bridgehead atoms. The van der Waals surface area contributed by atoms with E-state index in [1.165, 1.54) is 200 Å². The summed E-state index contributed by atoms with van der Waals surface area (Å²) in [6, 6.07) is 77.7. The van der Waals surface area contributed by atoms with Crippen LogP contribution < -0.4 is 14.8 Å². The number of carbonyl (C=O) groups is 1. The van der Waals surface area contributed by atoms with E-state index in [9.17, 15) is 27.8 Å². The minimum atomic E-state index is -3.96. The Morgan fingerprint density at radius 1 is 0.414 bits per heavy atom. The molecule has 11 fully saturated rings. The van der Waals surface area contributed by atoms with Crippen molar-refractivity contribution in [1.29, 1.82) is 0 Å². The first-order valence-electron chi connectivity index (χ1n) is 50.0. The van der Waals surface area contributed by atoms with Crippen molar-refractivity contribution in [2.45, 2.75) is 200 Å². The lowest BCUT2D eigenvalue weighted by Crippen LogP contribution is -2.68. The largest absolute Gasteiger partial charge is 0.497 e. The molecule has 21 heteroatoms. The number of amides is 2. The minimum absolute atomic E-state index is 0.00276. The van der Waals surface area contributed by atoms with Gasteiger partial charge in [0, 0.05) is 158 Å². The first kappa shape index (κ1) is 96.0. The molecule has 0 unspecified atom stereocenters. The Labute approximate surface area is 791 Å². The van der Waals surface area contributed by atoms with Gasteiger partial charge in [0.15, 0.2) is 0 Å². The van der Waals surface area contributed by atoms with Crippen molar-refractivity contribution in [2.24, 2.45) is 11.8 Å². The number of nitrogens with one attached hydrogen (secondary N) is 1. The smallest absolute Gasteiger partial charge is 0.317 e. The van der Waals surface area contributed by atoms with Gasteiger partial charge in [0.25, 0.3) is 0 Å². The number of ether oxygens (including phenoxy) is 5. The van der Waals surface area contributed by atoms with E-state index in [2.05, 4.69) is 224 Å². The molecular weight excluding hydrogens is 1680 g/mol. The summed E-state index contributed by atoms with van der Waals surface area (Å²) in [5, 5.41) is 23.7. The summed E-state index contributed by atoms with van der Waals surface area (Å²) in [7, 11) is 3.18. The number of aliphatic hydroxyl groups is 2. The molecule has 0 aromatic heterocycles. The van der Waals surface area contributed by atoms with Crippen LogP contribution in [-0.2, 0) is 24.2 Å². The fourth-order valence-electron chi connectivity index (χ4n) is 23.9. The van der Waals surface area contributed by atoms with Crippen LogP contribution in [0, 0.1) is 31.5 Å². The number of rotatable bonds is 23. The highest BCUT2D eigenvalue weighted by atomic mass is 32.2. The van der Waals surface area contributed by atoms with Crippen LogP contribution in [0.5, 0.6) is 11.5 Å². The van der Waals surface area contributed by atoms with Crippen molar-refractivity contribution in [3.8, 4) is 56.0 Å². The second kappa shape index (κ2) is 45.5. The molecule has 0 radical (unpaired) electrons. The van der Waals surface area contributed by atoms with Crippen LogP contribution >= 0.6 is 0 Å². The van der Waals surface area contributed by atoms with Crippen molar-refractivity contribution in [3.63, 3.8) is 0 Å². The van der Waals surface area contributed by atoms with Gasteiger partial charge in [-0.25, -0.2) is 17.6 Å². The number of aliphatic hydroxyl groups excluding tert-OH is 2. The second-order valence-corrected chi connectivity index (χ2v) is 41.4. The molecule has 11 aliphatic rings. The van der Waals surface area contributed by atoms with Crippen LogP contribution in [0.15, 0.2) is 223 Å². The summed E-state index contributed by atoms with van der Waals surface area (Å²) in [5.74, 6) is 4.16. The molecule has 20 rings (SSSR count). The number of hydrogen-bond donors (Lipinski definition) is 3. The second-order valence-electron chi connectivity index (χ2n) is 39.5. The molecule has 710 valence electrons. The van der Waals surface area contributed by atoms with Gasteiger partial charge in [-0.1, -0.05) is 200 Å². The predicted molar refractivity (Wildman–Crippen MR) is 530 cm³/mol. The molecule has 19 nitrogen and oxygen atoms in total. The predicted octanol–water partition coefficient (Wildman–Crippen LogP) is 18.3. The number of nitrogens with zero attached hydrogens (tertiary/aromatic N) is 8. The fourth-order valence-corrected chi connectivity index (χ4v) is 25.5. The third-order valence-corrected chi connectivity index (χ3v) is 33.1. The van der Waals surface area contributed by atoms with Crippen molar-refractivity contribution < 1.29 is 51.5 Å². The highest BCUT2D eigenvalue weighted by Gasteiger charge is 2.54. The molecule has 9 saturated heterocycles. The third kappa shape index (κ3) is 22.6. The Balaban J connectivity index is 0.000000124. The molecule has 9 aromatic carbocycles. The molecule has 0 spiro atoms. The number of methoxy groups -OCH3 is 4. The van der Waals surface area contributed by atoms with E-state index in [-0.39, 0.29) is 66.7 Å². The average Bonchev–Trinajstić information content (AvgIpc) is 1.73. The zero-order valence-corrected chi connectivity index (χ0v) is 80.2. The van der Waals surface area contributed by atoms with E-state index in [0.29, 0.717) is 55.0 Å². The highest BCUT2D eigenvalue weighted by molar-refractivity contribution is 7.89. The molecule has 9 heterocycles. The van der Waals surface area contributed by atoms with Crippen molar-refractivity contribution in [1.82, 2.24) is 43.9 Å². The summed E-state index contributed by atoms with van der Waals surface area (Å²) >= 11 is 0. The number of hydrogen-bond acceptors (Lipinski definition) is 16. The van der Waals surface area contributed by atoms with E-state index in [1.807, 2.05) is 37.3 Å². The number of aryl methyl sites for hydroxylation is 2. The molecule has 2 amide bonds. The maximum absolute atomic E-state index is 14.4. The summed E-state index contributed by atoms with van der Waals surface area (Å²) < 4.78 is 70.4. The van der Waals surface area contributed by atoms with Crippen LogP contribution in [0.1, 0.15) is 160 Å². The van der Waals surface area contributed by atoms with Crippen LogP contribution in [0.3, 0.4) is 0 Å². The average molecular weight is 1830 g/mol. The first-order chi connectivity index (χ1) is 65.1. The zero-order chi connectivity index (χ0) is 91.9. The molecule has 3 N–H and O–H groups in total. The minimum Gasteiger partial charge on any atom is -0.497 e. The molecule has 9 aliphatic heterocycles. The van der Waals surface area contributed by atoms with Gasteiger partial charge in [-0.05, 0) is 264 Å². The quantitative estimate of drug-likeness (QED) is 0.0551. The highest BCUT2D eigenvalue weighted by Crippen LogP contribution is 2.49. The van der Waals surface area contributed by atoms with Crippen molar-refractivity contribution in [2.75, 3.05) is 160 Å². The number of benzene rings is 9. The maximum atomic E-state index is 14.4. The lowest BCUT2D eigenvalue weighted by Gasteiger charge is -2.57. The monoisotopic (exact) mass is 1830 g/mol. The van der Waals surface area contributed by atoms with Crippen LogP contribution in [-0.4, -0.2) is 277 Å². The number of urea groups is 1. The SMILES string of the molecule is COC[C@@H]1[C@@H](c2ccc(-c3cccc(OC)c3)cc2)[C@@H]2CN(CC3CC3)CCCCN12.COC[C@@H]1[C@@H](c2ccc(-c3cccc(OC)c3)cc2)[C@@H]2CN(CC3CCOCC3)CCCCN12.Cc1cccc(-c2ccc([C@@H]3[C@H](CO)N4CCCCN(S(=O)(=O)c5ccccc5F)C[C@@H]34)cc2)c1.Cc1ccccc1-c1ccc([C@H]2[C@@H](CO)N3CCCCN(C(=O)NC4CCCC4)C[C@H]23)cc1. The Hall–Kier alpha value is -8.75. The first-order valence-corrected chi connectivity index (χ1v) is 51.4. The Morgan fingerprint density at radius 2 is 0.827 bits per heavy atom. The van der Waals surface area contributed by atoms with E-state index in [4.69, 9.17) is 23.7 Å². The molecule has 2 aliphatic carbocycles. The molecule has 12 atom stereocenters. The van der Waals surface area contributed by atoms with Crippen molar-refractivity contribution >= 4 is 16.1 Å². The third-order valence-electron chi connectivity index (χ3n) is 31.2. The van der Waals surface area contributed by atoms with Crippen LogP contribution in [0.4, 0.5) is 9.18 Å². The van der Waals surface area contributed by atoms with Gasteiger partial charge in [-0.2, -0.15) is 4.31 Å². The summed E-state index contributed by atoms with van der Waals surface area (Å²) in [6.07, 6.45) is 18.8. The Bertz CT molecular complexity index is 5330. The van der Waals surface area contributed by atoms with Crippen molar-refractivity contribution in [3.05, 3.63) is 258 Å². The van der Waals surface area contributed by atoms with Gasteiger partial charge in [0.05, 0.1) is 40.6 Å². The number of sulfonamides is 1. The molecule has 2 saturated carbocycles. The summed E-state index contributed by atoms with van der Waals surface area (Å²) in [4.78, 5) is 30.5. The van der Waals surface area contributed by atoms with E-state index in [0.717, 1.165) is 125 Å². The van der Waals surface area contributed by atoms with Gasteiger partial charge < -0.3 is 53.9 Å². The topological polar surface area (TPSA) is 176 Å². The van der Waals surface area contributed by atoms with Gasteiger partial charge in [0.2, 0.25) is 10.0 Å². The van der Waals surface area contributed by atoms with Crippen LogP contribution in [0.2, 0.25) is 0 Å². The van der Waals surface area contributed by atoms with Gasteiger partial charge in [0.1, 0.15) is 22.2 Å². The number of fused-ring (bicyclic) bond motifs is 4. The van der Waals surface area contributed by atoms with Crippen LogP contribution in [0.25, 0.3) is 44.5 Å². The maximum Gasteiger partial charge on any atom is 0.317 e. The van der Waals surface area contributed by atoms with E-state index in [1.54, 1.807) is 20.3 Å². The van der Waals surface area contributed by atoms with Gasteiger partial charge in [-0.3, -0.25) is 19.6 Å². The molecule has 9 aromatic rings. The van der Waals surface area contributed by atoms with E-state index >= 15 is 0 Å². The number of halogens is 1. The Morgan fingerprint density at radius 3 is 1.29 bits per heavy atom. The standard InChI is InChI=1S/C29H40N2O3.C28H31FN2O3S.C28H37N3O2.C27H36N2O2/c1-32-21-28-29(24-10-8-23(9-11-24)25-6-5-7-26(18-25)33-2)27-20-30(14-3-4-15-31(27)28)19-22-12-16-34-17-13-22;1-20-7-6-8-23(17-20)21-11-13-22(14-12-21)28-25-18-30(15-4-5-16-31(25)26(28)19-32)35(33,34)27-10-3-2-9-24(27)29;1-20-8-2-5-11-24(20)21-12-14-22(15-13-21)27-25-18-30(28(33)29-23-9-3-4-10-23)16-6-7-17-31(25)26(27)19-32;1-30-19-26-27(25-18-28(17-20-8-9-20)14-3-4-15-29(25)26)22-12-10-21(11-13-22)23-6-5-7-24(16-23)31-2/h5-11,18,22,27-29H,3-4,12-17,19-21H2,1-2H3;2-3,6-14,17,25-26,28,32H,4-5,15-16,18-19H2,1H3;2,5,8,11-15,23,25-27,32H,3-4,6-7,9-10,16-19H2,1H3,(H,29,33);5-7,10-13,16,20,25-27H,3-4,8-9,14-15,17-19H2,1-2H3/t27-,28+,29-;25-,26-,28-;25-,26-,27-;25-,26+,27-/m0010/s1. The Kier molecular flexibility index (Phi) is 32.8. The molecule has 133 heavy (non-hydrogen) atoms. The zero-order valence-electron chi connectivity index (χ0n) is 79.4. The molecular formula is C112H144FN9O10S. The summed E-state index contributed by atoms with van der Waals surface area (Å²) in [5.41, 5.74) is 17.4. The lowest BCUT2D eigenvalue weighted by atomic mass is 9.74. The summed E-state index contributed by atoms with van der Waals surface area (Å²) in [6.45, 7) is 21.8. The normalized spacial score (nSPS) is 25.9. The number of carbonyl (C=O) groups excluding carboxylic acids is 1.